The highest BCUT2D eigenvalue weighted by Gasteiger charge is 2.15. The molecule has 7 heteroatoms. The van der Waals surface area contributed by atoms with Gasteiger partial charge in [0.15, 0.2) is 0 Å². The second-order valence-corrected chi connectivity index (χ2v) is 4.10. The number of carbonyl (C=O) groups is 1. The van der Waals surface area contributed by atoms with Crippen LogP contribution in [0.4, 0.5) is 5.69 Å². The lowest BCUT2D eigenvalue weighted by molar-refractivity contribution is 0.0526. The molecular formula is C14H22N2O5. The fraction of sp³-hybridized carbons (Fsp3) is 0.571. The standard InChI is InChI=1S/C14H22N2O5/c1-3-20-14(17)11-5-6-16-13(12(11)15)21-8-4-7-19-10-9-18-2/h5-6H,3-4,7-10,15H2,1-2H3. The van der Waals surface area contributed by atoms with Gasteiger partial charge in [-0.1, -0.05) is 0 Å². The summed E-state index contributed by atoms with van der Waals surface area (Å²) in [5.41, 5.74) is 6.31. The summed E-state index contributed by atoms with van der Waals surface area (Å²) in [5, 5.41) is 0. The van der Waals surface area contributed by atoms with E-state index in [0.29, 0.717) is 32.8 Å². The van der Waals surface area contributed by atoms with Crippen LogP contribution >= 0.6 is 0 Å². The van der Waals surface area contributed by atoms with Gasteiger partial charge in [0.1, 0.15) is 5.69 Å². The molecule has 0 atom stereocenters. The van der Waals surface area contributed by atoms with Gasteiger partial charge in [0.2, 0.25) is 5.88 Å². The summed E-state index contributed by atoms with van der Waals surface area (Å²) in [6, 6.07) is 1.51. The van der Waals surface area contributed by atoms with E-state index in [1.54, 1.807) is 14.0 Å². The molecule has 0 aliphatic rings. The molecule has 0 aromatic carbocycles. The third kappa shape index (κ3) is 5.97. The molecule has 0 fully saturated rings. The second kappa shape index (κ2) is 9.95. The predicted molar refractivity (Wildman–Crippen MR) is 77.4 cm³/mol. The molecule has 0 saturated heterocycles. The Bertz CT molecular complexity index is 439. The maximum atomic E-state index is 11.7. The summed E-state index contributed by atoms with van der Waals surface area (Å²) < 4.78 is 20.5. The van der Waals surface area contributed by atoms with E-state index in [-0.39, 0.29) is 23.7 Å². The van der Waals surface area contributed by atoms with E-state index >= 15 is 0 Å². The molecule has 2 N–H and O–H groups in total. The number of hydrogen-bond acceptors (Lipinski definition) is 7. The highest BCUT2D eigenvalue weighted by Crippen LogP contribution is 2.23. The lowest BCUT2D eigenvalue weighted by Gasteiger charge is -2.10. The van der Waals surface area contributed by atoms with Crippen molar-refractivity contribution in [2.24, 2.45) is 0 Å². The molecule has 0 saturated carbocycles. The molecule has 0 unspecified atom stereocenters. The monoisotopic (exact) mass is 298 g/mol. The predicted octanol–water partition coefficient (Wildman–Crippen LogP) is 1.27. The van der Waals surface area contributed by atoms with Gasteiger partial charge in [-0.25, -0.2) is 9.78 Å². The van der Waals surface area contributed by atoms with Gasteiger partial charge in [-0.3, -0.25) is 0 Å². The minimum atomic E-state index is -0.481. The van der Waals surface area contributed by atoms with Crippen molar-refractivity contribution < 1.29 is 23.7 Å². The molecule has 1 aromatic rings. The van der Waals surface area contributed by atoms with E-state index in [0.717, 1.165) is 0 Å². The summed E-state index contributed by atoms with van der Waals surface area (Å²) in [6.07, 6.45) is 2.15. The van der Waals surface area contributed by atoms with Crippen LogP contribution in [-0.4, -0.2) is 51.1 Å². The highest BCUT2D eigenvalue weighted by atomic mass is 16.5. The fourth-order valence-corrected chi connectivity index (χ4v) is 1.53. The quantitative estimate of drug-likeness (QED) is 0.513. The van der Waals surface area contributed by atoms with Gasteiger partial charge in [-0.2, -0.15) is 0 Å². The van der Waals surface area contributed by atoms with Crippen LogP contribution in [0, 0.1) is 0 Å². The first-order valence-electron chi connectivity index (χ1n) is 6.81. The molecule has 1 aromatic heterocycles. The van der Waals surface area contributed by atoms with Crippen molar-refractivity contribution in [1.82, 2.24) is 4.98 Å². The molecule has 0 aliphatic heterocycles. The number of nitrogen functional groups attached to an aromatic ring is 1. The minimum Gasteiger partial charge on any atom is -0.476 e. The Morgan fingerprint density at radius 3 is 2.81 bits per heavy atom. The highest BCUT2D eigenvalue weighted by molar-refractivity contribution is 5.96. The third-order valence-electron chi connectivity index (χ3n) is 2.55. The van der Waals surface area contributed by atoms with E-state index in [1.807, 2.05) is 0 Å². The van der Waals surface area contributed by atoms with Gasteiger partial charge in [-0.05, 0) is 13.0 Å². The first-order chi connectivity index (χ1) is 10.2. The molecule has 0 amide bonds. The van der Waals surface area contributed by atoms with Crippen LogP contribution in [0.15, 0.2) is 12.3 Å². The van der Waals surface area contributed by atoms with Gasteiger partial charge in [0.05, 0.1) is 32.0 Å². The fourth-order valence-electron chi connectivity index (χ4n) is 1.53. The summed E-state index contributed by atoms with van der Waals surface area (Å²) in [6.45, 7) is 4.09. The number of nitrogens with zero attached hydrogens (tertiary/aromatic N) is 1. The number of pyridine rings is 1. The number of rotatable bonds is 10. The number of hydrogen-bond donors (Lipinski definition) is 1. The number of ether oxygens (including phenoxy) is 4. The Hall–Kier alpha value is -1.86. The summed E-state index contributed by atoms with van der Waals surface area (Å²) >= 11 is 0. The molecule has 0 spiro atoms. The van der Waals surface area contributed by atoms with E-state index in [4.69, 9.17) is 24.7 Å². The number of nitrogens with two attached hydrogens (primary N) is 1. The first kappa shape index (κ1) is 17.2. The van der Waals surface area contributed by atoms with E-state index in [9.17, 15) is 4.79 Å². The second-order valence-electron chi connectivity index (χ2n) is 4.10. The van der Waals surface area contributed by atoms with Crippen LogP contribution in [0.5, 0.6) is 5.88 Å². The van der Waals surface area contributed by atoms with Crippen LogP contribution in [0.25, 0.3) is 0 Å². The minimum absolute atomic E-state index is 0.191. The zero-order valence-corrected chi connectivity index (χ0v) is 12.5. The number of aromatic nitrogens is 1. The molecule has 7 nitrogen and oxygen atoms in total. The van der Waals surface area contributed by atoms with Crippen molar-refractivity contribution in [1.29, 1.82) is 0 Å². The molecule has 0 bridgehead atoms. The summed E-state index contributed by atoms with van der Waals surface area (Å²) in [4.78, 5) is 15.7. The van der Waals surface area contributed by atoms with Crippen LogP contribution in [0.1, 0.15) is 23.7 Å². The van der Waals surface area contributed by atoms with E-state index < -0.39 is 5.97 Å². The molecule has 0 radical (unpaired) electrons. The Morgan fingerprint density at radius 1 is 1.29 bits per heavy atom. The van der Waals surface area contributed by atoms with Crippen LogP contribution in [0.2, 0.25) is 0 Å². The van der Waals surface area contributed by atoms with Crippen molar-refractivity contribution in [2.75, 3.05) is 45.9 Å². The number of esters is 1. The van der Waals surface area contributed by atoms with Crippen molar-refractivity contribution in [3.63, 3.8) is 0 Å². The average Bonchev–Trinajstić information content (AvgIpc) is 2.48. The Morgan fingerprint density at radius 2 is 2.10 bits per heavy atom. The van der Waals surface area contributed by atoms with Gasteiger partial charge in [0.25, 0.3) is 0 Å². The van der Waals surface area contributed by atoms with Gasteiger partial charge in [0, 0.05) is 26.3 Å². The molecule has 0 aliphatic carbocycles. The van der Waals surface area contributed by atoms with Gasteiger partial charge in [-0.15, -0.1) is 0 Å². The molecule has 1 heterocycles. The normalized spacial score (nSPS) is 10.4. The van der Waals surface area contributed by atoms with E-state index in [1.165, 1.54) is 12.3 Å². The lowest BCUT2D eigenvalue weighted by atomic mass is 10.2. The lowest BCUT2D eigenvalue weighted by Crippen LogP contribution is -2.12. The molecule has 1 rings (SSSR count). The zero-order chi connectivity index (χ0) is 15.5. The van der Waals surface area contributed by atoms with Gasteiger partial charge >= 0.3 is 5.97 Å². The smallest absolute Gasteiger partial charge is 0.340 e. The zero-order valence-electron chi connectivity index (χ0n) is 12.5. The maximum Gasteiger partial charge on any atom is 0.340 e. The summed E-state index contributed by atoms with van der Waals surface area (Å²) in [5.74, 6) is -0.248. The van der Waals surface area contributed by atoms with Crippen molar-refractivity contribution >= 4 is 11.7 Å². The molecule has 21 heavy (non-hydrogen) atoms. The summed E-state index contributed by atoms with van der Waals surface area (Å²) in [7, 11) is 1.62. The first-order valence-corrected chi connectivity index (χ1v) is 6.81. The average molecular weight is 298 g/mol. The number of methoxy groups -OCH3 is 1. The SMILES string of the molecule is CCOC(=O)c1ccnc(OCCCOCCOC)c1N. The molecule has 118 valence electrons. The maximum absolute atomic E-state index is 11.7. The van der Waals surface area contributed by atoms with Gasteiger partial charge < -0.3 is 24.7 Å². The van der Waals surface area contributed by atoms with Crippen molar-refractivity contribution in [3.05, 3.63) is 17.8 Å². The Balaban J connectivity index is 2.41. The topological polar surface area (TPSA) is 92.9 Å². The Kier molecular flexibility index (Phi) is 8.15. The Labute approximate surface area is 124 Å². The van der Waals surface area contributed by atoms with Crippen LogP contribution in [0.3, 0.4) is 0 Å². The largest absolute Gasteiger partial charge is 0.476 e. The number of anilines is 1. The van der Waals surface area contributed by atoms with Crippen molar-refractivity contribution in [2.45, 2.75) is 13.3 Å². The van der Waals surface area contributed by atoms with E-state index in [2.05, 4.69) is 4.98 Å². The number of carbonyl (C=O) groups excluding carboxylic acids is 1. The van der Waals surface area contributed by atoms with Crippen LogP contribution in [-0.2, 0) is 14.2 Å². The third-order valence-corrected chi connectivity index (χ3v) is 2.55. The van der Waals surface area contributed by atoms with Crippen LogP contribution < -0.4 is 10.5 Å². The van der Waals surface area contributed by atoms with Crippen molar-refractivity contribution in [3.8, 4) is 5.88 Å². The molecular weight excluding hydrogens is 276 g/mol.